The first-order valence-corrected chi connectivity index (χ1v) is 10.3. The van der Waals surface area contributed by atoms with E-state index in [0.717, 1.165) is 6.42 Å². The maximum Gasteiger partial charge on any atom is 2.00 e. The molecule has 0 amide bonds. The average molecular weight is 591 g/mol. The summed E-state index contributed by atoms with van der Waals surface area (Å²) in [5.41, 5.74) is 5.07. The summed E-state index contributed by atoms with van der Waals surface area (Å²) in [6.45, 7) is 0. The van der Waals surface area contributed by atoms with Crippen LogP contribution in [0, 0.1) is 20.9 Å². The SMILES string of the molecule is C.[C-]1=CC=CC1.[CH3-].[CH3-].[Cl-].[Cl-].[Zr+2].c1ccc(-c2ccc3c(c2)[cH-]c2cc(-c4ccccc4)ccc23)cc1. The standard InChI is InChI=1S/C25H17.C5H5.CH4.2CH3.2ClH.Zr/c1-3-7-18(8-4-1)20-11-13-24-22(15-20)17-23-16-21(12-14-25(23)24)19-9-5-2-6-10-19;1-2-4-5-3-1;;;;;;/h1-17H;1-3H,4H2;1H4;2*1H3;2*1H;/q2*-1;;2*-1;;;+2/p-2. The molecule has 0 radical (unpaired) electrons. The number of allylic oxidation sites excluding steroid dienone is 4. The van der Waals surface area contributed by atoms with Gasteiger partial charge in [0.15, 0.2) is 0 Å². The molecular formula is C33H32Cl2Zr-4. The molecule has 186 valence electrons. The Bertz CT molecular complexity index is 1250. The van der Waals surface area contributed by atoms with E-state index < -0.39 is 0 Å². The summed E-state index contributed by atoms with van der Waals surface area (Å²) in [5.74, 6) is 0. The Morgan fingerprint density at radius 2 is 1.03 bits per heavy atom. The first kappa shape index (κ1) is 35.9. The molecular weight excluding hydrogens is 558 g/mol. The van der Waals surface area contributed by atoms with Gasteiger partial charge in [0, 0.05) is 0 Å². The second-order valence-electron chi connectivity index (χ2n) is 7.48. The zero-order valence-electron chi connectivity index (χ0n) is 20.0. The number of fused-ring (bicyclic) bond motifs is 3. The molecule has 0 atom stereocenters. The molecule has 0 saturated carbocycles. The van der Waals surface area contributed by atoms with Crippen molar-refractivity contribution in [2.24, 2.45) is 0 Å². The van der Waals surface area contributed by atoms with Crippen LogP contribution in [0.3, 0.4) is 0 Å². The van der Waals surface area contributed by atoms with E-state index in [4.69, 9.17) is 0 Å². The maximum absolute atomic E-state index is 2.99. The van der Waals surface area contributed by atoms with Gasteiger partial charge in [-0.25, -0.2) is 12.2 Å². The van der Waals surface area contributed by atoms with Crippen LogP contribution in [0.1, 0.15) is 13.8 Å². The molecule has 0 aliphatic heterocycles. The zero-order valence-corrected chi connectivity index (χ0v) is 24.0. The normalized spacial score (nSPS) is 10.2. The van der Waals surface area contributed by atoms with Crippen LogP contribution in [-0.4, -0.2) is 0 Å². The van der Waals surface area contributed by atoms with E-state index in [1.807, 2.05) is 12.2 Å². The molecule has 5 aromatic rings. The fourth-order valence-electron chi connectivity index (χ4n) is 3.98. The topological polar surface area (TPSA) is 0 Å². The third-order valence-electron chi connectivity index (χ3n) is 5.50. The quantitative estimate of drug-likeness (QED) is 0.274. The van der Waals surface area contributed by atoms with Crippen molar-refractivity contribution in [3.63, 3.8) is 0 Å². The molecule has 3 heteroatoms. The number of rotatable bonds is 2. The Kier molecular flexibility index (Phi) is 17.1. The third-order valence-corrected chi connectivity index (χ3v) is 5.50. The van der Waals surface area contributed by atoms with Crippen LogP contribution in [0.4, 0.5) is 0 Å². The minimum absolute atomic E-state index is 0. The molecule has 36 heavy (non-hydrogen) atoms. The van der Waals surface area contributed by atoms with Gasteiger partial charge in [-0.2, -0.15) is 6.08 Å². The van der Waals surface area contributed by atoms with Crippen molar-refractivity contribution in [3.8, 4) is 22.3 Å². The van der Waals surface area contributed by atoms with Crippen LogP contribution >= 0.6 is 0 Å². The van der Waals surface area contributed by atoms with E-state index >= 15 is 0 Å². The molecule has 0 N–H and O–H groups in total. The minimum Gasteiger partial charge on any atom is -1.00 e. The maximum atomic E-state index is 2.99. The molecule has 0 heterocycles. The largest absolute Gasteiger partial charge is 2.00 e. The van der Waals surface area contributed by atoms with Gasteiger partial charge in [-0.05, 0) is 11.1 Å². The van der Waals surface area contributed by atoms with Crippen molar-refractivity contribution in [3.05, 3.63) is 142 Å². The molecule has 0 bridgehead atoms. The van der Waals surface area contributed by atoms with Gasteiger partial charge in [0.25, 0.3) is 0 Å². The van der Waals surface area contributed by atoms with E-state index in [2.05, 4.69) is 115 Å². The van der Waals surface area contributed by atoms with E-state index in [1.165, 1.54) is 43.8 Å². The Morgan fingerprint density at radius 3 is 1.36 bits per heavy atom. The monoisotopic (exact) mass is 588 g/mol. The molecule has 0 unspecified atom stereocenters. The van der Waals surface area contributed by atoms with Crippen LogP contribution in [0.15, 0.2) is 121 Å². The van der Waals surface area contributed by atoms with Crippen molar-refractivity contribution in [2.45, 2.75) is 13.8 Å². The average Bonchev–Trinajstić information content (AvgIpc) is 3.51. The molecule has 1 aliphatic carbocycles. The van der Waals surface area contributed by atoms with E-state index in [9.17, 15) is 0 Å². The van der Waals surface area contributed by atoms with Gasteiger partial charge in [0.05, 0.1) is 0 Å². The zero-order chi connectivity index (χ0) is 20.2. The first-order valence-electron chi connectivity index (χ1n) is 10.3. The number of hydrogen-bond donors (Lipinski definition) is 0. The summed E-state index contributed by atoms with van der Waals surface area (Å²) >= 11 is 0. The molecule has 1 aliphatic rings. The fraction of sp³-hybridized carbons (Fsp3) is 0.0606. The summed E-state index contributed by atoms with van der Waals surface area (Å²) < 4.78 is 0. The van der Waals surface area contributed by atoms with Gasteiger partial charge in [-0.15, -0.1) is 46.2 Å². The predicted octanol–water partition coefficient (Wildman–Crippen LogP) is 3.89. The third kappa shape index (κ3) is 8.11. The first-order chi connectivity index (χ1) is 14.9. The van der Waals surface area contributed by atoms with Crippen molar-refractivity contribution in [2.75, 3.05) is 0 Å². The fourth-order valence-corrected chi connectivity index (χ4v) is 3.98. The van der Waals surface area contributed by atoms with Gasteiger partial charge >= 0.3 is 26.2 Å². The van der Waals surface area contributed by atoms with Crippen LogP contribution in [0.2, 0.25) is 0 Å². The molecule has 0 aromatic heterocycles. The molecule has 5 aromatic carbocycles. The molecule has 0 saturated heterocycles. The Morgan fingerprint density at radius 1 is 0.583 bits per heavy atom. The molecule has 0 spiro atoms. The van der Waals surface area contributed by atoms with Gasteiger partial charge < -0.3 is 39.7 Å². The second kappa shape index (κ2) is 17.2. The van der Waals surface area contributed by atoms with E-state index in [1.54, 1.807) is 0 Å². The van der Waals surface area contributed by atoms with Gasteiger partial charge in [0.1, 0.15) is 0 Å². The Labute approximate surface area is 249 Å². The summed E-state index contributed by atoms with van der Waals surface area (Å²) in [5, 5.41) is 5.27. The van der Waals surface area contributed by atoms with Gasteiger partial charge in [-0.3, -0.25) is 6.08 Å². The summed E-state index contributed by atoms with van der Waals surface area (Å²) in [7, 11) is 0. The number of hydrogen-bond acceptors (Lipinski definition) is 0. The molecule has 0 nitrogen and oxygen atoms in total. The van der Waals surface area contributed by atoms with E-state index in [0.29, 0.717) is 0 Å². The van der Waals surface area contributed by atoms with E-state index in [-0.39, 0.29) is 73.3 Å². The Hall–Kier alpha value is -2.31. The van der Waals surface area contributed by atoms with Crippen molar-refractivity contribution >= 4 is 21.5 Å². The van der Waals surface area contributed by atoms with Crippen LogP contribution in [-0.2, 0) is 26.2 Å². The van der Waals surface area contributed by atoms with Crippen molar-refractivity contribution in [1.82, 2.24) is 0 Å². The van der Waals surface area contributed by atoms with Crippen molar-refractivity contribution < 1.29 is 51.0 Å². The molecule has 6 rings (SSSR count). The van der Waals surface area contributed by atoms with Crippen LogP contribution < -0.4 is 24.8 Å². The van der Waals surface area contributed by atoms with Crippen LogP contribution in [0.25, 0.3) is 43.8 Å². The minimum atomic E-state index is 0. The summed E-state index contributed by atoms with van der Waals surface area (Å²) in [6, 6.07) is 37.0. The van der Waals surface area contributed by atoms with Gasteiger partial charge in [-0.1, -0.05) is 103 Å². The van der Waals surface area contributed by atoms with Gasteiger partial charge in [0.2, 0.25) is 0 Å². The number of halogens is 2. The molecule has 0 fully saturated rings. The predicted molar refractivity (Wildman–Crippen MR) is 149 cm³/mol. The van der Waals surface area contributed by atoms with Crippen LogP contribution in [0.5, 0.6) is 0 Å². The summed E-state index contributed by atoms with van der Waals surface area (Å²) in [4.78, 5) is 0. The summed E-state index contributed by atoms with van der Waals surface area (Å²) in [6.07, 6.45) is 10.0. The Balaban J connectivity index is 0. The second-order valence-corrected chi connectivity index (χ2v) is 7.48. The number of benzene rings is 4. The smallest absolute Gasteiger partial charge is 1.00 e. The van der Waals surface area contributed by atoms with Crippen molar-refractivity contribution in [1.29, 1.82) is 0 Å².